The fourth-order valence-corrected chi connectivity index (χ4v) is 4.05. The first-order chi connectivity index (χ1) is 15.1. The molecule has 1 aliphatic rings. The van der Waals surface area contributed by atoms with E-state index in [1.54, 1.807) is 6.33 Å². The van der Waals surface area contributed by atoms with E-state index in [0.29, 0.717) is 0 Å². The second kappa shape index (κ2) is 11.8. The van der Waals surface area contributed by atoms with E-state index >= 15 is 0 Å². The van der Waals surface area contributed by atoms with Crippen LogP contribution in [0, 0.1) is 0 Å². The van der Waals surface area contributed by atoms with Crippen LogP contribution in [-0.2, 0) is 19.4 Å². The summed E-state index contributed by atoms with van der Waals surface area (Å²) in [7, 11) is 0. The van der Waals surface area contributed by atoms with Gasteiger partial charge in [0, 0.05) is 31.6 Å². The average molecular weight is 426 g/mol. The topological polar surface area (TPSA) is 70.4 Å². The van der Waals surface area contributed by atoms with Crippen molar-refractivity contribution in [1.29, 1.82) is 0 Å². The van der Waals surface area contributed by atoms with Gasteiger partial charge < -0.3 is 15.2 Å². The number of piperidine rings is 1. The average Bonchev–Trinajstić information content (AvgIpc) is 3.26. The SMILES string of the molecule is CCc1nncn1CCNC(=NCC(C)(C)N1CCCCC1)NCCc1ccccc1. The van der Waals surface area contributed by atoms with Crippen LogP contribution >= 0.6 is 0 Å². The van der Waals surface area contributed by atoms with Crippen molar-refractivity contribution >= 4 is 5.96 Å². The lowest BCUT2D eigenvalue weighted by Gasteiger charge is -2.40. The number of nitrogens with zero attached hydrogens (tertiary/aromatic N) is 5. The number of nitrogens with one attached hydrogen (secondary N) is 2. The molecule has 0 spiro atoms. The molecule has 2 heterocycles. The first-order valence-electron chi connectivity index (χ1n) is 11.8. The van der Waals surface area contributed by atoms with Gasteiger partial charge in [0.25, 0.3) is 0 Å². The molecule has 170 valence electrons. The van der Waals surface area contributed by atoms with E-state index in [-0.39, 0.29) is 5.54 Å². The Labute approximate surface area is 187 Å². The van der Waals surface area contributed by atoms with E-state index in [2.05, 4.69) is 81.4 Å². The normalized spacial score (nSPS) is 15.8. The van der Waals surface area contributed by atoms with Crippen molar-refractivity contribution in [3.63, 3.8) is 0 Å². The Hall–Kier alpha value is -2.41. The molecule has 0 radical (unpaired) electrons. The van der Waals surface area contributed by atoms with E-state index < -0.39 is 0 Å². The zero-order chi connectivity index (χ0) is 21.9. The molecule has 7 nitrogen and oxygen atoms in total. The van der Waals surface area contributed by atoms with Gasteiger partial charge in [0.15, 0.2) is 5.96 Å². The van der Waals surface area contributed by atoms with Gasteiger partial charge in [0.2, 0.25) is 0 Å². The van der Waals surface area contributed by atoms with Crippen molar-refractivity contribution in [1.82, 2.24) is 30.3 Å². The second-order valence-electron chi connectivity index (χ2n) is 8.91. The summed E-state index contributed by atoms with van der Waals surface area (Å²) < 4.78 is 2.10. The molecule has 2 N–H and O–H groups in total. The van der Waals surface area contributed by atoms with Gasteiger partial charge in [-0.1, -0.05) is 43.7 Å². The number of aromatic nitrogens is 3. The molecule has 1 fully saturated rings. The van der Waals surface area contributed by atoms with Crippen molar-refractivity contribution in [3.05, 3.63) is 48.0 Å². The standard InChI is InChI=1S/C24H39N7/c1-4-22-29-28-20-30(22)18-15-26-23(25-14-13-21-11-7-5-8-12-21)27-19-24(2,3)31-16-9-6-10-17-31/h5,7-8,11-12,20H,4,6,9-10,13-19H2,1-3H3,(H2,25,26,27). The van der Waals surface area contributed by atoms with Gasteiger partial charge in [-0.25, -0.2) is 0 Å². The molecule has 0 bridgehead atoms. The van der Waals surface area contributed by atoms with Gasteiger partial charge in [-0.2, -0.15) is 0 Å². The molecular formula is C24H39N7. The van der Waals surface area contributed by atoms with Crippen molar-refractivity contribution in [2.45, 2.75) is 65.0 Å². The van der Waals surface area contributed by atoms with Crippen LogP contribution < -0.4 is 10.6 Å². The van der Waals surface area contributed by atoms with Crippen molar-refractivity contribution < 1.29 is 0 Å². The Bertz CT molecular complexity index is 791. The smallest absolute Gasteiger partial charge is 0.191 e. The fourth-order valence-electron chi connectivity index (χ4n) is 4.05. The summed E-state index contributed by atoms with van der Waals surface area (Å²) in [6.07, 6.45) is 7.62. The molecule has 1 aliphatic heterocycles. The molecule has 0 atom stereocenters. The molecule has 0 saturated carbocycles. The summed E-state index contributed by atoms with van der Waals surface area (Å²) >= 11 is 0. The highest BCUT2D eigenvalue weighted by molar-refractivity contribution is 5.79. The third-order valence-corrected chi connectivity index (χ3v) is 6.04. The predicted octanol–water partition coefficient (Wildman–Crippen LogP) is 2.88. The summed E-state index contributed by atoms with van der Waals surface area (Å²) in [5, 5.41) is 15.2. The first-order valence-corrected chi connectivity index (χ1v) is 11.8. The van der Waals surface area contributed by atoms with Gasteiger partial charge in [-0.15, -0.1) is 10.2 Å². The third kappa shape index (κ3) is 7.35. The van der Waals surface area contributed by atoms with Crippen LogP contribution in [0.1, 0.15) is 51.4 Å². The molecular weight excluding hydrogens is 386 g/mol. The highest BCUT2D eigenvalue weighted by Crippen LogP contribution is 2.20. The summed E-state index contributed by atoms with van der Waals surface area (Å²) in [6, 6.07) is 10.6. The van der Waals surface area contributed by atoms with Gasteiger partial charge in [-0.05, 0) is 51.8 Å². The van der Waals surface area contributed by atoms with Crippen LogP contribution in [0.3, 0.4) is 0 Å². The Morgan fingerprint density at radius 3 is 2.55 bits per heavy atom. The largest absolute Gasteiger partial charge is 0.356 e. The minimum absolute atomic E-state index is 0.0676. The monoisotopic (exact) mass is 425 g/mol. The minimum Gasteiger partial charge on any atom is -0.356 e. The Balaban J connectivity index is 1.57. The summed E-state index contributed by atoms with van der Waals surface area (Å²) in [4.78, 5) is 7.57. The van der Waals surface area contributed by atoms with Gasteiger partial charge in [0.05, 0.1) is 6.54 Å². The van der Waals surface area contributed by atoms with Crippen LogP contribution in [-0.4, -0.2) is 63.9 Å². The van der Waals surface area contributed by atoms with Crippen LogP contribution in [0.4, 0.5) is 0 Å². The predicted molar refractivity (Wildman–Crippen MR) is 127 cm³/mol. The molecule has 0 aliphatic carbocycles. The molecule has 1 aromatic carbocycles. The number of guanidine groups is 1. The van der Waals surface area contributed by atoms with Crippen molar-refractivity contribution in [3.8, 4) is 0 Å². The van der Waals surface area contributed by atoms with Gasteiger partial charge in [-0.3, -0.25) is 9.89 Å². The lowest BCUT2D eigenvalue weighted by Crippen LogP contribution is -2.49. The molecule has 31 heavy (non-hydrogen) atoms. The lowest BCUT2D eigenvalue weighted by molar-refractivity contribution is 0.102. The van der Waals surface area contributed by atoms with Gasteiger partial charge in [0.1, 0.15) is 12.2 Å². The second-order valence-corrected chi connectivity index (χ2v) is 8.91. The van der Waals surface area contributed by atoms with Crippen molar-refractivity contribution in [2.75, 3.05) is 32.7 Å². The Morgan fingerprint density at radius 1 is 1.06 bits per heavy atom. The van der Waals surface area contributed by atoms with E-state index in [4.69, 9.17) is 4.99 Å². The maximum absolute atomic E-state index is 4.98. The van der Waals surface area contributed by atoms with Crippen LogP contribution in [0.15, 0.2) is 41.7 Å². The number of hydrogen-bond donors (Lipinski definition) is 2. The van der Waals surface area contributed by atoms with E-state index in [1.807, 2.05) is 0 Å². The highest BCUT2D eigenvalue weighted by Gasteiger charge is 2.27. The van der Waals surface area contributed by atoms with E-state index in [0.717, 1.165) is 50.8 Å². The molecule has 0 amide bonds. The molecule has 2 aromatic rings. The number of likely N-dealkylation sites (tertiary alicyclic amines) is 1. The maximum Gasteiger partial charge on any atom is 0.191 e. The fraction of sp³-hybridized carbons (Fsp3) is 0.625. The molecule has 3 rings (SSSR count). The van der Waals surface area contributed by atoms with Crippen LogP contribution in [0.2, 0.25) is 0 Å². The van der Waals surface area contributed by atoms with Crippen LogP contribution in [0.25, 0.3) is 0 Å². The number of aliphatic imine (C=N–C) groups is 1. The summed E-state index contributed by atoms with van der Waals surface area (Å²) in [5.74, 6) is 1.90. The number of benzene rings is 1. The molecule has 0 unspecified atom stereocenters. The zero-order valence-corrected chi connectivity index (χ0v) is 19.5. The molecule has 1 saturated heterocycles. The summed E-state index contributed by atoms with van der Waals surface area (Å²) in [5.41, 5.74) is 1.40. The van der Waals surface area contributed by atoms with E-state index in [9.17, 15) is 0 Å². The minimum atomic E-state index is 0.0676. The third-order valence-electron chi connectivity index (χ3n) is 6.04. The maximum atomic E-state index is 4.98. The molecule has 7 heteroatoms. The first kappa shape index (κ1) is 23.3. The van der Waals surface area contributed by atoms with Crippen molar-refractivity contribution in [2.24, 2.45) is 4.99 Å². The Kier molecular flexibility index (Phi) is 8.88. The zero-order valence-electron chi connectivity index (χ0n) is 19.5. The van der Waals surface area contributed by atoms with E-state index in [1.165, 1.54) is 37.9 Å². The number of rotatable bonds is 10. The molecule has 1 aromatic heterocycles. The lowest BCUT2D eigenvalue weighted by atomic mass is 9.99. The highest BCUT2D eigenvalue weighted by atomic mass is 15.3. The number of aryl methyl sites for hydroxylation is 1. The van der Waals surface area contributed by atoms with Gasteiger partial charge >= 0.3 is 0 Å². The van der Waals surface area contributed by atoms with Crippen LogP contribution in [0.5, 0.6) is 0 Å². The quantitative estimate of drug-likeness (QED) is 0.452. The number of hydrogen-bond acceptors (Lipinski definition) is 4. The Morgan fingerprint density at radius 2 is 1.81 bits per heavy atom. The summed E-state index contributed by atoms with van der Waals surface area (Å²) in [6.45, 7) is 12.3.